The Morgan fingerprint density at radius 3 is 2.35 bits per heavy atom. The van der Waals surface area contributed by atoms with Gasteiger partial charge in [0.2, 0.25) is 5.91 Å². The topological polar surface area (TPSA) is 47.0 Å². The minimum atomic E-state index is 0.220. The monoisotopic (exact) mass is 351 g/mol. The predicted molar refractivity (Wildman–Crippen MR) is 104 cm³/mol. The molecule has 0 spiro atoms. The van der Waals surface area contributed by atoms with Gasteiger partial charge in [-0.3, -0.25) is 9.69 Å². The summed E-state index contributed by atoms with van der Waals surface area (Å²) in [7, 11) is 0. The first-order chi connectivity index (χ1) is 12.7. The predicted octanol–water partition coefficient (Wildman–Crippen LogP) is 2.49. The number of para-hydroxylation sites is 3. The Kier molecular flexibility index (Phi) is 4.80. The van der Waals surface area contributed by atoms with E-state index in [0.717, 1.165) is 57.1 Å². The molecule has 0 aliphatic carbocycles. The van der Waals surface area contributed by atoms with Crippen molar-refractivity contribution in [1.82, 2.24) is 4.90 Å². The molecule has 0 aromatic heterocycles. The first-order valence-corrected chi connectivity index (χ1v) is 9.36. The lowest BCUT2D eigenvalue weighted by molar-refractivity contribution is -0.118. The van der Waals surface area contributed by atoms with Crippen LogP contribution in [0.2, 0.25) is 0 Å². The van der Waals surface area contributed by atoms with Crippen LogP contribution < -0.4 is 9.80 Å². The molecule has 2 aromatic rings. The van der Waals surface area contributed by atoms with Crippen LogP contribution in [0.3, 0.4) is 0 Å². The smallest absolute Gasteiger partial charge is 0.228 e. The molecule has 4 rings (SSSR count). The number of hydrogen-bond acceptors (Lipinski definition) is 4. The summed E-state index contributed by atoms with van der Waals surface area (Å²) in [5.41, 5.74) is 3.26. The molecule has 136 valence electrons. The van der Waals surface area contributed by atoms with Gasteiger partial charge in [0.1, 0.15) is 5.75 Å². The minimum absolute atomic E-state index is 0.220. The van der Waals surface area contributed by atoms with Gasteiger partial charge in [-0.25, -0.2) is 0 Å². The highest BCUT2D eigenvalue weighted by molar-refractivity contribution is 5.95. The van der Waals surface area contributed by atoms with Crippen LogP contribution in [0, 0.1) is 0 Å². The molecule has 0 radical (unpaired) electrons. The molecular formula is C21H25N3O2. The third kappa shape index (κ3) is 3.40. The van der Waals surface area contributed by atoms with Crippen LogP contribution in [0.4, 0.5) is 11.4 Å². The van der Waals surface area contributed by atoms with Crippen molar-refractivity contribution in [2.24, 2.45) is 0 Å². The molecule has 0 unspecified atom stereocenters. The number of carbonyl (C=O) groups excluding carboxylic acids is 1. The summed E-state index contributed by atoms with van der Waals surface area (Å²) in [4.78, 5) is 19.1. The van der Waals surface area contributed by atoms with E-state index >= 15 is 0 Å². The lowest BCUT2D eigenvalue weighted by Crippen LogP contribution is -2.47. The largest absolute Gasteiger partial charge is 0.506 e. The van der Waals surface area contributed by atoms with E-state index in [-0.39, 0.29) is 5.91 Å². The Bertz CT molecular complexity index is 784. The summed E-state index contributed by atoms with van der Waals surface area (Å²) in [5.74, 6) is 0.557. The van der Waals surface area contributed by atoms with E-state index in [1.807, 2.05) is 41.3 Å². The van der Waals surface area contributed by atoms with Gasteiger partial charge in [-0.05, 0) is 30.2 Å². The van der Waals surface area contributed by atoms with E-state index in [4.69, 9.17) is 0 Å². The van der Waals surface area contributed by atoms with Crippen molar-refractivity contribution >= 4 is 17.3 Å². The van der Waals surface area contributed by atoms with Gasteiger partial charge in [0, 0.05) is 51.4 Å². The van der Waals surface area contributed by atoms with Crippen molar-refractivity contribution in [2.75, 3.05) is 49.1 Å². The molecule has 2 heterocycles. The van der Waals surface area contributed by atoms with Crippen LogP contribution in [0.1, 0.15) is 12.0 Å². The third-order valence-electron chi connectivity index (χ3n) is 5.42. The SMILES string of the molecule is O=C(CCN1CCN(c2ccccc2O)CC1)N1CCc2ccccc21. The maximum absolute atomic E-state index is 12.6. The molecule has 1 saturated heterocycles. The maximum Gasteiger partial charge on any atom is 0.228 e. The maximum atomic E-state index is 12.6. The van der Waals surface area contributed by atoms with Crippen LogP contribution in [-0.4, -0.2) is 55.2 Å². The average molecular weight is 351 g/mol. The summed E-state index contributed by atoms with van der Waals surface area (Å²) in [5, 5.41) is 10.0. The Morgan fingerprint density at radius 2 is 1.58 bits per heavy atom. The molecule has 26 heavy (non-hydrogen) atoms. The van der Waals surface area contributed by atoms with E-state index in [0.29, 0.717) is 12.2 Å². The van der Waals surface area contributed by atoms with Crippen molar-refractivity contribution in [3.63, 3.8) is 0 Å². The number of anilines is 2. The minimum Gasteiger partial charge on any atom is -0.506 e. The highest BCUT2D eigenvalue weighted by atomic mass is 16.3. The zero-order chi connectivity index (χ0) is 17.9. The molecule has 5 nitrogen and oxygen atoms in total. The van der Waals surface area contributed by atoms with E-state index in [1.54, 1.807) is 6.07 Å². The molecule has 2 aliphatic rings. The number of carbonyl (C=O) groups is 1. The first kappa shape index (κ1) is 16.9. The normalized spacial score (nSPS) is 17.4. The Balaban J connectivity index is 1.28. The molecule has 0 atom stereocenters. The summed E-state index contributed by atoms with van der Waals surface area (Å²) in [6.45, 7) is 5.18. The van der Waals surface area contributed by atoms with Gasteiger partial charge in [0.15, 0.2) is 0 Å². The van der Waals surface area contributed by atoms with Crippen LogP contribution in [-0.2, 0) is 11.2 Å². The van der Waals surface area contributed by atoms with Crippen molar-refractivity contribution in [3.8, 4) is 5.75 Å². The molecule has 0 saturated carbocycles. The fourth-order valence-corrected chi connectivity index (χ4v) is 3.93. The number of aromatic hydroxyl groups is 1. The zero-order valence-corrected chi connectivity index (χ0v) is 15.0. The number of benzene rings is 2. The zero-order valence-electron chi connectivity index (χ0n) is 15.0. The molecule has 5 heteroatoms. The third-order valence-corrected chi connectivity index (χ3v) is 5.42. The Hall–Kier alpha value is -2.53. The van der Waals surface area contributed by atoms with Gasteiger partial charge in [-0.2, -0.15) is 0 Å². The van der Waals surface area contributed by atoms with E-state index in [1.165, 1.54) is 5.56 Å². The van der Waals surface area contributed by atoms with Gasteiger partial charge in [-0.1, -0.05) is 30.3 Å². The number of nitrogens with zero attached hydrogens (tertiary/aromatic N) is 3. The highest BCUT2D eigenvalue weighted by Gasteiger charge is 2.25. The number of phenolic OH excluding ortho intramolecular Hbond substituents is 1. The van der Waals surface area contributed by atoms with Gasteiger partial charge in [0.05, 0.1) is 5.69 Å². The van der Waals surface area contributed by atoms with Crippen LogP contribution >= 0.6 is 0 Å². The number of piperazine rings is 1. The Labute approximate surface area is 154 Å². The summed E-state index contributed by atoms with van der Waals surface area (Å²) < 4.78 is 0. The van der Waals surface area contributed by atoms with Crippen molar-refractivity contribution in [3.05, 3.63) is 54.1 Å². The molecule has 2 aromatic carbocycles. The second-order valence-electron chi connectivity index (χ2n) is 6.99. The van der Waals surface area contributed by atoms with Crippen molar-refractivity contribution in [1.29, 1.82) is 0 Å². The van der Waals surface area contributed by atoms with Gasteiger partial charge >= 0.3 is 0 Å². The summed E-state index contributed by atoms with van der Waals surface area (Å²) in [6, 6.07) is 15.7. The number of fused-ring (bicyclic) bond motifs is 1. The fraction of sp³-hybridized carbons (Fsp3) is 0.381. The van der Waals surface area contributed by atoms with Crippen LogP contribution in [0.15, 0.2) is 48.5 Å². The summed E-state index contributed by atoms with van der Waals surface area (Å²) >= 11 is 0. The molecular weight excluding hydrogens is 326 g/mol. The molecule has 2 aliphatic heterocycles. The fourth-order valence-electron chi connectivity index (χ4n) is 3.93. The second kappa shape index (κ2) is 7.38. The van der Waals surface area contributed by atoms with Gasteiger partial charge in [0.25, 0.3) is 0 Å². The lowest BCUT2D eigenvalue weighted by atomic mass is 10.2. The van der Waals surface area contributed by atoms with Gasteiger partial charge in [-0.15, -0.1) is 0 Å². The molecule has 1 N–H and O–H groups in total. The number of rotatable bonds is 4. The van der Waals surface area contributed by atoms with Crippen LogP contribution in [0.25, 0.3) is 0 Å². The number of hydrogen-bond donors (Lipinski definition) is 1. The molecule has 1 amide bonds. The Morgan fingerprint density at radius 1 is 0.885 bits per heavy atom. The van der Waals surface area contributed by atoms with Crippen LogP contribution in [0.5, 0.6) is 5.75 Å². The quantitative estimate of drug-likeness (QED) is 0.919. The number of phenols is 1. The highest BCUT2D eigenvalue weighted by Crippen LogP contribution is 2.29. The van der Waals surface area contributed by atoms with E-state index in [9.17, 15) is 9.90 Å². The molecule has 1 fully saturated rings. The van der Waals surface area contributed by atoms with E-state index in [2.05, 4.69) is 15.9 Å². The standard InChI is InChI=1S/C21H25N3O2/c25-20-8-4-3-7-19(20)23-15-13-22(14-16-23)11-10-21(26)24-12-9-17-5-1-2-6-18(17)24/h1-8,25H,9-16H2. The lowest BCUT2D eigenvalue weighted by Gasteiger charge is -2.36. The molecule has 0 bridgehead atoms. The summed E-state index contributed by atoms with van der Waals surface area (Å²) in [6.07, 6.45) is 1.52. The second-order valence-corrected chi connectivity index (χ2v) is 6.99. The van der Waals surface area contributed by atoms with Gasteiger partial charge < -0.3 is 14.9 Å². The van der Waals surface area contributed by atoms with Crippen molar-refractivity contribution in [2.45, 2.75) is 12.8 Å². The van der Waals surface area contributed by atoms with E-state index < -0.39 is 0 Å². The number of amides is 1. The first-order valence-electron chi connectivity index (χ1n) is 9.36. The van der Waals surface area contributed by atoms with Crippen molar-refractivity contribution < 1.29 is 9.90 Å². The average Bonchev–Trinajstić information content (AvgIpc) is 3.11.